The van der Waals surface area contributed by atoms with E-state index in [0.29, 0.717) is 47.9 Å². The van der Waals surface area contributed by atoms with E-state index in [4.69, 9.17) is 4.74 Å². The summed E-state index contributed by atoms with van der Waals surface area (Å²) in [6, 6.07) is 8.83. The summed E-state index contributed by atoms with van der Waals surface area (Å²) in [4.78, 5) is 30.1. The minimum absolute atomic E-state index is 0.0779. The van der Waals surface area contributed by atoms with E-state index < -0.39 is 17.2 Å². The van der Waals surface area contributed by atoms with Crippen LogP contribution in [0.2, 0.25) is 0 Å². The smallest absolute Gasteiger partial charge is 0.410 e. The number of pyridine rings is 1. The van der Waals surface area contributed by atoms with Crippen LogP contribution in [0, 0.1) is 11.6 Å². The molecule has 3 aromatic heterocycles. The molecule has 1 unspecified atom stereocenters. The van der Waals surface area contributed by atoms with Crippen LogP contribution in [-0.2, 0) is 4.74 Å². The van der Waals surface area contributed by atoms with Crippen molar-refractivity contribution in [3.05, 3.63) is 66.8 Å². The van der Waals surface area contributed by atoms with Crippen LogP contribution in [0.3, 0.4) is 0 Å². The first-order valence-corrected chi connectivity index (χ1v) is 12.1. The third-order valence-electron chi connectivity index (χ3n) is 6.18. The number of halogens is 2. The number of hydrogen-bond acceptors (Lipinski definition) is 6. The predicted octanol–water partition coefficient (Wildman–Crippen LogP) is 5.21. The molecule has 1 aliphatic heterocycles. The largest absolute Gasteiger partial charge is 0.444 e. The molecule has 1 amide bonds. The van der Waals surface area contributed by atoms with Gasteiger partial charge < -0.3 is 19.1 Å². The van der Waals surface area contributed by atoms with Gasteiger partial charge in [0.25, 0.3) is 0 Å². The molecule has 10 heteroatoms. The van der Waals surface area contributed by atoms with Gasteiger partial charge in [-0.2, -0.15) is 0 Å². The number of aromatic nitrogens is 4. The first-order valence-electron chi connectivity index (χ1n) is 12.1. The lowest BCUT2D eigenvalue weighted by Crippen LogP contribution is -2.54. The van der Waals surface area contributed by atoms with Gasteiger partial charge in [0.1, 0.15) is 29.4 Å². The zero-order valence-corrected chi connectivity index (χ0v) is 21.2. The normalized spacial score (nSPS) is 16.3. The molecule has 1 atom stereocenters. The molecule has 8 nitrogen and oxygen atoms in total. The van der Waals surface area contributed by atoms with Gasteiger partial charge in [0.05, 0.1) is 16.8 Å². The van der Waals surface area contributed by atoms with Crippen LogP contribution in [0.4, 0.5) is 19.4 Å². The van der Waals surface area contributed by atoms with Gasteiger partial charge in [-0.3, -0.25) is 4.98 Å². The van der Waals surface area contributed by atoms with Crippen molar-refractivity contribution in [1.82, 2.24) is 24.4 Å². The number of carbonyl (C=O) groups is 1. The summed E-state index contributed by atoms with van der Waals surface area (Å²) in [5.41, 5.74) is 1.64. The van der Waals surface area contributed by atoms with Crippen LogP contribution >= 0.6 is 0 Å². The van der Waals surface area contributed by atoms with E-state index in [0.717, 1.165) is 11.6 Å². The molecule has 0 spiro atoms. The number of piperazine rings is 1. The summed E-state index contributed by atoms with van der Waals surface area (Å²) in [6.07, 6.45) is 4.56. The minimum atomic E-state index is -0.683. The Morgan fingerprint density at radius 1 is 1.05 bits per heavy atom. The molecule has 1 aliphatic rings. The number of rotatable bonds is 3. The fourth-order valence-corrected chi connectivity index (χ4v) is 4.62. The summed E-state index contributed by atoms with van der Waals surface area (Å²) in [5.74, 6) is -0.701. The summed E-state index contributed by atoms with van der Waals surface area (Å²) >= 11 is 0. The number of ether oxygens (including phenoxy) is 1. The van der Waals surface area contributed by atoms with Crippen molar-refractivity contribution in [2.24, 2.45) is 0 Å². The quantitative estimate of drug-likeness (QED) is 0.380. The van der Waals surface area contributed by atoms with Crippen LogP contribution < -0.4 is 4.90 Å². The Bertz CT molecular complexity index is 1430. The minimum Gasteiger partial charge on any atom is -0.444 e. The maximum Gasteiger partial charge on any atom is 0.410 e. The maximum atomic E-state index is 14.1. The van der Waals surface area contributed by atoms with Crippen molar-refractivity contribution < 1.29 is 18.3 Å². The Morgan fingerprint density at radius 2 is 1.81 bits per heavy atom. The molecule has 1 aromatic carbocycles. The molecular weight excluding hydrogens is 478 g/mol. The van der Waals surface area contributed by atoms with Crippen LogP contribution in [0.15, 0.2) is 55.1 Å². The van der Waals surface area contributed by atoms with E-state index in [1.807, 2.05) is 45.9 Å². The lowest BCUT2D eigenvalue weighted by molar-refractivity contribution is 0.0218. The van der Waals surface area contributed by atoms with Crippen molar-refractivity contribution in [1.29, 1.82) is 0 Å². The van der Waals surface area contributed by atoms with Crippen molar-refractivity contribution >= 4 is 22.9 Å². The van der Waals surface area contributed by atoms with Gasteiger partial charge >= 0.3 is 6.09 Å². The van der Waals surface area contributed by atoms with E-state index in [-0.39, 0.29) is 12.1 Å². The van der Waals surface area contributed by atoms with Crippen molar-refractivity contribution in [3.63, 3.8) is 0 Å². The van der Waals surface area contributed by atoms with Gasteiger partial charge in [-0.25, -0.2) is 23.5 Å². The molecule has 0 aliphatic carbocycles. The Kier molecular flexibility index (Phi) is 6.26. The molecule has 0 saturated carbocycles. The monoisotopic (exact) mass is 506 g/mol. The van der Waals surface area contributed by atoms with E-state index in [2.05, 4.69) is 19.9 Å². The molecule has 1 saturated heterocycles. The summed E-state index contributed by atoms with van der Waals surface area (Å²) in [7, 11) is 0. The first kappa shape index (κ1) is 24.6. The van der Waals surface area contributed by atoms with Gasteiger partial charge in [-0.15, -0.1) is 0 Å². The average molecular weight is 507 g/mol. The summed E-state index contributed by atoms with van der Waals surface area (Å²) < 4.78 is 35.4. The summed E-state index contributed by atoms with van der Waals surface area (Å²) in [6.45, 7) is 8.98. The van der Waals surface area contributed by atoms with E-state index in [1.54, 1.807) is 21.9 Å². The Balaban J connectivity index is 1.59. The lowest BCUT2D eigenvalue weighted by Gasteiger charge is -2.41. The molecule has 4 aromatic rings. The zero-order valence-electron chi connectivity index (χ0n) is 21.2. The van der Waals surface area contributed by atoms with E-state index in [9.17, 15) is 13.6 Å². The maximum absolute atomic E-state index is 14.1. The SMILES string of the molecule is CC1CN(C(=O)OC(C)(C)C)CCN1c1ncnc2c1c(-c1ccccn1)cn2-c1cc(F)cc(F)c1. The van der Waals surface area contributed by atoms with Crippen LogP contribution in [0.1, 0.15) is 27.7 Å². The highest BCUT2D eigenvalue weighted by molar-refractivity contribution is 6.01. The highest BCUT2D eigenvalue weighted by atomic mass is 19.1. The molecule has 0 radical (unpaired) electrons. The first-order chi connectivity index (χ1) is 17.6. The second-order valence-corrected chi connectivity index (χ2v) is 10.1. The number of hydrogen-bond donors (Lipinski definition) is 0. The molecule has 0 N–H and O–H groups in total. The molecule has 0 bridgehead atoms. The van der Waals surface area contributed by atoms with Crippen molar-refractivity contribution in [2.45, 2.75) is 39.3 Å². The number of nitrogens with zero attached hydrogens (tertiary/aromatic N) is 6. The van der Waals surface area contributed by atoms with Gasteiger partial charge in [0.2, 0.25) is 0 Å². The molecule has 37 heavy (non-hydrogen) atoms. The fraction of sp³-hybridized carbons (Fsp3) is 0.333. The summed E-state index contributed by atoms with van der Waals surface area (Å²) in [5, 5.41) is 0.712. The second-order valence-electron chi connectivity index (χ2n) is 10.1. The van der Waals surface area contributed by atoms with Gasteiger partial charge in [-0.05, 0) is 52.0 Å². The topological polar surface area (TPSA) is 76.4 Å². The van der Waals surface area contributed by atoms with Crippen molar-refractivity contribution in [2.75, 3.05) is 24.5 Å². The lowest BCUT2D eigenvalue weighted by atomic mass is 10.1. The Morgan fingerprint density at radius 3 is 2.46 bits per heavy atom. The zero-order chi connectivity index (χ0) is 26.3. The Labute approximate surface area is 213 Å². The Hall–Kier alpha value is -4.08. The third-order valence-corrected chi connectivity index (χ3v) is 6.18. The highest BCUT2D eigenvalue weighted by Crippen LogP contribution is 2.37. The predicted molar refractivity (Wildman–Crippen MR) is 137 cm³/mol. The number of anilines is 1. The number of amides is 1. The second kappa shape index (κ2) is 9.42. The molecular formula is C27H28F2N6O2. The van der Waals surface area contributed by atoms with E-state index >= 15 is 0 Å². The van der Waals surface area contributed by atoms with Gasteiger partial charge in [-0.1, -0.05) is 6.07 Å². The fourth-order valence-electron chi connectivity index (χ4n) is 4.62. The standard InChI is InChI=1S/C27H28F2N6O2/c1-17-14-33(26(36)37-27(2,3)4)9-10-34(17)24-23-21(22-7-5-6-8-30-22)15-35(25(23)32-16-31-24)20-12-18(28)11-19(29)13-20/h5-8,11-13,15-17H,9-10,14H2,1-4H3. The van der Waals surface area contributed by atoms with Crippen LogP contribution in [0.5, 0.6) is 0 Å². The molecule has 5 rings (SSSR count). The van der Waals surface area contributed by atoms with Crippen LogP contribution in [-0.4, -0.2) is 61.8 Å². The van der Waals surface area contributed by atoms with Crippen LogP contribution in [0.25, 0.3) is 28.0 Å². The number of benzene rings is 1. The van der Waals surface area contributed by atoms with Crippen molar-refractivity contribution in [3.8, 4) is 16.9 Å². The molecule has 1 fully saturated rings. The highest BCUT2D eigenvalue weighted by Gasteiger charge is 2.32. The van der Waals surface area contributed by atoms with Gasteiger partial charge in [0.15, 0.2) is 5.65 Å². The number of fused-ring (bicyclic) bond motifs is 1. The average Bonchev–Trinajstić information content (AvgIpc) is 3.23. The van der Waals surface area contributed by atoms with Gasteiger partial charge in [0, 0.05) is 49.7 Å². The molecule has 192 valence electrons. The number of carbonyl (C=O) groups excluding carboxylic acids is 1. The third kappa shape index (κ3) is 4.96. The van der Waals surface area contributed by atoms with E-state index in [1.165, 1.54) is 18.5 Å². The molecule has 4 heterocycles.